The first kappa shape index (κ1) is 24.2. The number of benzene rings is 4. The molecule has 0 atom stereocenters. The van der Waals surface area contributed by atoms with Crippen molar-refractivity contribution in [1.82, 2.24) is 4.90 Å². The first-order valence-electron chi connectivity index (χ1n) is 11.2. The van der Waals surface area contributed by atoms with Gasteiger partial charge in [-0.1, -0.05) is 52.3 Å². The third kappa shape index (κ3) is 4.10. The van der Waals surface area contributed by atoms with Gasteiger partial charge in [0.15, 0.2) is 0 Å². The zero-order chi connectivity index (χ0) is 25.4. The highest BCUT2D eigenvalue weighted by atomic mass is 79.9. The fraction of sp³-hybridized carbons (Fsp3) is 0.107. The van der Waals surface area contributed by atoms with Crippen LogP contribution in [0.15, 0.2) is 87.8 Å². The van der Waals surface area contributed by atoms with Gasteiger partial charge in [-0.3, -0.25) is 19.3 Å². The van der Waals surface area contributed by atoms with Crippen molar-refractivity contribution < 1.29 is 19.1 Å². The molecular weight excluding hydrogens is 588 g/mol. The summed E-state index contributed by atoms with van der Waals surface area (Å²) in [5, 5.41) is 1.45. The summed E-state index contributed by atoms with van der Waals surface area (Å²) in [6, 6.07) is 23.2. The second-order valence-electron chi connectivity index (χ2n) is 8.19. The minimum atomic E-state index is -0.385. The monoisotopic (exact) mass is 606 g/mol. The number of anilines is 1. The molecule has 0 saturated carbocycles. The van der Waals surface area contributed by atoms with E-state index in [-0.39, 0.29) is 30.8 Å². The van der Waals surface area contributed by atoms with E-state index in [0.29, 0.717) is 38.0 Å². The van der Waals surface area contributed by atoms with Crippen LogP contribution in [-0.4, -0.2) is 42.8 Å². The van der Waals surface area contributed by atoms with Crippen LogP contribution >= 0.6 is 31.9 Å². The van der Waals surface area contributed by atoms with E-state index in [9.17, 15) is 14.4 Å². The third-order valence-corrected chi connectivity index (χ3v) is 7.59. The summed E-state index contributed by atoms with van der Waals surface area (Å²) in [5.41, 5.74) is 1.93. The third-order valence-electron chi connectivity index (χ3n) is 6.21. The molecule has 0 radical (unpaired) electrons. The van der Waals surface area contributed by atoms with E-state index in [0.717, 1.165) is 9.86 Å². The highest BCUT2D eigenvalue weighted by Gasteiger charge is 2.34. The number of amides is 3. The number of nitrogens with zero attached hydrogens (tertiary/aromatic N) is 2. The molecular formula is C28H20Br2N2O4. The van der Waals surface area contributed by atoms with Gasteiger partial charge in [-0.2, -0.15) is 0 Å². The molecule has 0 N–H and O–H groups in total. The Balaban J connectivity index is 1.52. The summed E-state index contributed by atoms with van der Waals surface area (Å²) >= 11 is 6.97. The number of ether oxygens (including phenoxy) is 1. The van der Waals surface area contributed by atoms with Gasteiger partial charge in [0.25, 0.3) is 17.7 Å². The Morgan fingerprint density at radius 2 is 1.53 bits per heavy atom. The quantitative estimate of drug-likeness (QED) is 0.241. The molecule has 180 valence electrons. The van der Waals surface area contributed by atoms with Crippen LogP contribution in [0.25, 0.3) is 10.8 Å². The summed E-state index contributed by atoms with van der Waals surface area (Å²) in [5.74, 6) is -0.543. The number of carbonyl (C=O) groups excluding carboxylic acids is 3. The van der Waals surface area contributed by atoms with Gasteiger partial charge in [0.2, 0.25) is 0 Å². The van der Waals surface area contributed by atoms with Gasteiger partial charge >= 0.3 is 0 Å². The molecule has 5 rings (SSSR count). The standard InChI is InChI=1S/C28H20Br2N2O4/c1-36-24-12-5-4-11-23(24)31(26(33)18-7-2-3-10-21(18)29)15-16-32-27(34)19-9-6-8-17-22(30)14-13-20(25(17)19)28(32)35/h2-14H,15-16H2,1H3. The Morgan fingerprint density at radius 3 is 2.28 bits per heavy atom. The average molecular weight is 608 g/mol. The summed E-state index contributed by atoms with van der Waals surface area (Å²) in [6.45, 7) is 0.0949. The Bertz CT molecular complexity index is 1510. The first-order chi connectivity index (χ1) is 17.4. The molecule has 4 aromatic carbocycles. The summed E-state index contributed by atoms with van der Waals surface area (Å²) in [6.07, 6.45) is 0. The number of halogens is 2. The van der Waals surface area contributed by atoms with Crippen molar-refractivity contribution in [2.45, 2.75) is 0 Å². The van der Waals surface area contributed by atoms with Crippen LogP contribution in [-0.2, 0) is 0 Å². The molecule has 0 aliphatic carbocycles. The number of para-hydroxylation sites is 2. The lowest BCUT2D eigenvalue weighted by atomic mass is 9.94. The van der Waals surface area contributed by atoms with Crippen LogP contribution in [0.4, 0.5) is 5.69 Å². The average Bonchev–Trinajstić information content (AvgIpc) is 2.90. The number of hydrogen-bond acceptors (Lipinski definition) is 4. The first-order valence-corrected chi connectivity index (χ1v) is 12.8. The van der Waals surface area contributed by atoms with Gasteiger partial charge in [-0.25, -0.2) is 0 Å². The molecule has 1 heterocycles. The maximum Gasteiger partial charge on any atom is 0.261 e. The van der Waals surface area contributed by atoms with Crippen LogP contribution in [0.5, 0.6) is 5.75 Å². The molecule has 0 spiro atoms. The normalized spacial score (nSPS) is 12.7. The molecule has 6 nitrogen and oxygen atoms in total. The van der Waals surface area contributed by atoms with Gasteiger partial charge in [-0.15, -0.1) is 0 Å². The van der Waals surface area contributed by atoms with Gasteiger partial charge in [0.05, 0.1) is 18.4 Å². The highest BCUT2D eigenvalue weighted by Crippen LogP contribution is 2.35. The number of imide groups is 1. The smallest absolute Gasteiger partial charge is 0.261 e. The van der Waals surface area contributed by atoms with Crippen LogP contribution in [0.1, 0.15) is 31.1 Å². The van der Waals surface area contributed by atoms with Crippen LogP contribution in [0.2, 0.25) is 0 Å². The van der Waals surface area contributed by atoms with E-state index < -0.39 is 0 Å². The Morgan fingerprint density at radius 1 is 0.833 bits per heavy atom. The van der Waals surface area contributed by atoms with Gasteiger partial charge in [0.1, 0.15) is 5.75 Å². The number of rotatable bonds is 6. The molecule has 1 aliphatic heterocycles. The van der Waals surface area contributed by atoms with Crippen LogP contribution in [0.3, 0.4) is 0 Å². The largest absolute Gasteiger partial charge is 0.495 e. The van der Waals surface area contributed by atoms with Gasteiger partial charge in [-0.05, 0) is 63.8 Å². The lowest BCUT2D eigenvalue weighted by Gasteiger charge is -2.31. The zero-order valence-corrected chi connectivity index (χ0v) is 22.4. The molecule has 0 saturated heterocycles. The molecule has 4 aromatic rings. The van der Waals surface area contributed by atoms with Crippen molar-refractivity contribution >= 4 is 66.0 Å². The van der Waals surface area contributed by atoms with E-state index in [4.69, 9.17) is 4.74 Å². The van der Waals surface area contributed by atoms with Crippen LogP contribution < -0.4 is 9.64 Å². The van der Waals surface area contributed by atoms with Crippen molar-refractivity contribution in [3.05, 3.63) is 104 Å². The molecule has 0 fully saturated rings. The SMILES string of the molecule is COc1ccccc1N(CCN1C(=O)c2cccc3c(Br)ccc(c23)C1=O)C(=O)c1ccccc1Br. The lowest BCUT2D eigenvalue weighted by molar-refractivity contribution is 0.0611. The maximum atomic E-state index is 13.7. The Hall–Kier alpha value is -3.49. The van der Waals surface area contributed by atoms with Crippen molar-refractivity contribution in [3.8, 4) is 5.75 Å². The predicted octanol–water partition coefficient (Wildman–Crippen LogP) is 6.32. The lowest BCUT2D eigenvalue weighted by Crippen LogP contribution is -2.46. The summed E-state index contributed by atoms with van der Waals surface area (Å²) < 4.78 is 6.98. The van der Waals surface area contributed by atoms with E-state index in [2.05, 4.69) is 31.9 Å². The minimum Gasteiger partial charge on any atom is -0.495 e. The maximum absolute atomic E-state index is 13.7. The fourth-order valence-electron chi connectivity index (χ4n) is 4.48. The molecule has 8 heteroatoms. The Labute approximate surface area is 224 Å². The molecule has 0 unspecified atom stereocenters. The zero-order valence-electron chi connectivity index (χ0n) is 19.2. The topological polar surface area (TPSA) is 66.9 Å². The molecule has 0 bridgehead atoms. The van der Waals surface area contributed by atoms with Gasteiger partial charge in [0, 0.05) is 38.5 Å². The second kappa shape index (κ2) is 9.87. The Kier molecular flexibility index (Phi) is 6.64. The van der Waals surface area contributed by atoms with Crippen molar-refractivity contribution in [1.29, 1.82) is 0 Å². The number of hydrogen-bond donors (Lipinski definition) is 0. The molecule has 3 amide bonds. The number of methoxy groups -OCH3 is 1. The summed E-state index contributed by atoms with van der Waals surface area (Å²) in [7, 11) is 1.54. The van der Waals surface area contributed by atoms with Gasteiger partial charge < -0.3 is 9.64 Å². The molecule has 1 aliphatic rings. The van der Waals surface area contributed by atoms with E-state index in [1.807, 2.05) is 30.3 Å². The van der Waals surface area contributed by atoms with E-state index >= 15 is 0 Å². The van der Waals surface area contributed by atoms with Crippen molar-refractivity contribution in [2.75, 3.05) is 25.1 Å². The number of carbonyl (C=O) groups is 3. The molecule has 36 heavy (non-hydrogen) atoms. The van der Waals surface area contributed by atoms with Crippen molar-refractivity contribution in [3.63, 3.8) is 0 Å². The minimum absolute atomic E-state index is 0.0117. The summed E-state index contributed by atoms with van der Waals surface area (Å²) in [4.78, 5) is 43.3. The fourth-order valence-corrected chi connectivity index (χ4v) is 5.39. The van der Waals surface area contributed by atoms with E-state index in [1.165, 1.54) is 16.9 Å². The second-order valence-corrected chi connectivity index (χ2v) is 9.90. The van der Waals surface area contributed by atoms with E-state index in [1.54, 1.807) is 48.5 Å². The predicted molar refractivity (Wildman–Crippen MR) is 146 cm³/mol. The molecule has 0 aromatic heterocycles. The van der Waals surface area contributed by atoms with Crippen LogP contribution in [0, 0.1) is 0 Å². The van der Waals surface area contributed by atoms with Crippen molar-refractivity contribution in [2.24, 2.45) is 0 Å². The highest BCUT2D eigenvalue weighted by molar-refractivity contribution is 9.11.